The van der Waals surface area contributed by atoms with Crippen LogP contribution in [0.15, 0.2) is 11.4 Å². The van der Waals surface area contributed by atoms with Crippen LogP contribution >= 0.6 is 11.3 Å². The van der Waals surface area contributed by atoms with E-state index in [4.69, 9.17) is 5.11 Å². The Balaban J connectivity index is 1.74. The molecule has 7 heteroatoms. The Labute approximate surface area is 108 Å². The Kier molecular flexibility index (Phi) is 2.62. The lowest BCUT2D eigenvalue weighted by atomic mass is 10.2. The maximum Gasteiger partial charge on any atom is 0.345 e. The highest BCUT2D eigenvalue weighted by molar-refractivity contribution is 7.12. The van der Waals surface area contributed by atoms with Crippen molar-refractivity contribution in [2.24, 2.45) is 0 Å². The second-order valence-electron chi connectivity index (χ2n) is 4.45. The highest BCUT2D eigenvalue weighted by Gasteiger charge is 2.35. The van der Waals surface area contributed by atoms with Gasteiger partial charge >= 0.3 is 12.0 Å². The van der Waals surface area contributed by atoms with E-state index in [0.717, 1.165) is 18.8 Å². The van der Waals surface area contributed by atoms with Crippen molar-refractivity contribution in [3.8, 4) is 0 Å². The molecule has 0 spiro atoms. The summed E-state index contributed by atoms with van der Waals surface area (Å²) in [6.45, 7) is 2.87. The number of carboxylic acid groups (broad SMARTS) is 1. The van der Waals surface area contributed by atoms with Crippen molar-refractivity contribution in [1.82, 2.24) is 10.2 Å². The van der Waals surface area contributed by atoms with Crippen LogP contribution in [0.3, 0.4) is 0 Å². The molecule has 0 aliphatic carbocycles. The van der Waals surface area contributed by atoms with Crippen molar-refractivity contribution in [3.63, 3.8) is 0 Å². The van der Waals surface area contributed by atoms with Crippen LogP contribution in [0.25, 0.3) is 0 Å². The van der Waals surface area contributed by atoms with Gasteiger partial charge < -0.3 is 20.2 Å². The molecule has 2 N–H and O–H groups in total. The van der Waals surface area contributed by atoms with E-state index in [1.165, 1.54) is 11.3 Å². The number of anilines is 1. The fourth-order valence-electron chi connectivity index (χ4n) is 2.44. The van der Waals surface area contributed by atoms with Crippen LogP contribution in [-0.2, 0) is 0 Å². The lowest BCUT2D eigenvalue weighted by molar-refractivity contribution is 0.0702. The number of rotatable bonds is 2. The number of carboxylic acids is 1. The molecule has 1 aromatic rings. The lowest BCUT2D eigenvalue weighted by Crippen LogP contribution is -2.52. The molecule has 0 saturated carbocycles. The van der Waals surface area contributed by atoms with Gasteiger partial charge in [0.15, 0.2) is 0 Å². The third-order valence-electron chi connectivity index (χ3n) is 3.39. The average Bonchev–Trinajstić information content (AvgIpc) is 2.96. The molecule has 1 aromatic heterocycles. The number of nitrogens with one attached hydrogen (secondary N) is 1. The first kappa shape index (κ1) is 11.3. The van der Waals surface area contributed by atoms with Crippen molar-refractivity contribution in [1.29, 1.82) is 0 Å². The molecule has 3 heterocycles. The van der Waals surface area contributed by atoms with Crippen molar-refractivity contribution in [2.75, 3.05) is 31.1 Å². The molecular formula is C11H13N3O3S. The fourth-order valence-corrected chi connectivity index (χ4v) is 3.20. The number of amides is 2. The van der Waals surface area contributed by atoms with Crippen LogP contribution in [0.4, 0.5) is 10.5 Å². The van der Waals surface area contributed by atoms with Crippen molar-refractivity contribution < 1.29 is 14.7 Å². The third kappa shape index (κ3) is 1.80. The first-order chi connectivity index (χ1) is 8.65. The van der Waals surface area contributed by atoms with E-state index in [1.54, 1.807) is 6.07 Å². The molecule has 96 valence electrons. The number of piperazine rings is 1. The molecule has 2 amide bonds. The molecule has 18 heavy (non-hydrogen) atoms. The zero-order chi connectivity index (χ0) is 12.7. The smallest absolute Gasteiger partial charge is 0.345 e. The van der Waals surface area contributed by atoms with Crippen LogP contribution in [0.5, 0.6) is 0 Å². The van der Waals surface area contributed by atoms with Gasteiger partial charge in [-0.15, -0.1) is 11.3 Å². The summed E-state index contributed by atoms with van der Waals surface area (Å²) in [5.41, 5.74) is 0.941. The SMILES string of the molecule is O=C(O)c1cc(N2CCN3C(=O)NCC3C2)cs1. The second kappa shape index (κ2) is 4.16. The van der Waals surface area contributed by atoms with Gasteiger partial charge in [-0.2, -0.15) is 0 Å². The molecule has 2 fully saturated rings. The summed E-state index contributed by atoms with van der Waals surface area (Å²) in [6, 6.07) is 1.91. The lowest BCUT2D eigenvalue weighted by Gasteiger charge is -2.37. The normalized spacial score (nSPS) is 22.9. The summed E-state index contributed by atoms with van der Waals surface area (Å²) in [4.78, 5) is 26.7. The monoisotopic (exact) mass is 267 g/mol. The number of urea groups is 1. The Hall–Kier alpha value is -1.76. The van der Waals surface area contributed by atoms with E-state index >= 15 is 0 Å². The Morgan fingerprint density at radius 3 is 3.06 bits per heavy atom. The number of nitrogens with zero attached hydrogens (tertiary/aromatic N) is 2. The van der Waals surface area contributed by atoms with E-state index in [9.17, 15) is 9.59 Å². The largest absolute Gasteiger partial charge is 0.477 e. The maximum absolute atomic E-state index is 11.5. The van der Waals surface area contributed by atoms with Crippen LogP contribution < -0.4 is 10.2 Å². The van der Waals surface area contributed by atoms with Gasteiger partial charge in [-0.25, -0.2) is 9.59 Å². The summed E-state index contributed by atoms with van der Waals surface area (Å²) in [5.74, 6) is -0.886. The van der Waals surface area contributed by atoms with Crippen LogP contribution in [-0.4, -0.2) is 54.2 Å². The number of carbonyl (C=O) groups is 2. The molecule has 3 rings (SSSR count). The topological polar surface area (TPSA) is 72.9 Å². The van der Waals surface area contributed by atoms with Gasteiger partial charge in [0.25, 0.3) is 0 Å². The average molecular weight is 267 g/mol. The number of fused-ring (bicyclic) bond motifs is 1. The third-order valence-corrected chi connectivity index (χ3v) is 4.30. The molecular weight excluding hydrogens is 254 g/mol. The van der Waals surface area contributed by atoms with Crippen LogP contribution in [0.2, 0.25) is 0 Å². The van der Waals surface area contributed by atoms with Gasteiger partial charge in [-0.1, -0.05) is 0 Å². The molecule has 1 atom stereocenters. The van der Waals surface area contributed by atoms with E-state index < -0.39 is 5.97 Å². The predicted octanol–water partition coefficient (Wildman–Crippen LogP) is 0.660. The first-order valence-corrected chi connectivity index (χ1v) is 6.64. The summed E-state index contributed by atoms with van der Waals surface area (Å²) in [7, 11) is 0. The van der Waals surface area contributed by atoms with Crippen molar-refractivity contribution in [2.45, 2.75) is 6.04 Å². The number of hydrogen-bond acceptors (Lipinski definition) is 4. The summed E-state index contributed by atoms with van der Waals surface area (Å²) < 4.78 is 0. The molecule has 1 unspecified atom stereocenters. The number of aromatic carboxylic acids is 1. The van der Waals surface area contributed by atoms with E-state index in [0.29, 0.717) is 18.0 Å². The maximum atomic E-state index is 11.5. The Morgan fingerprint density at radius 1 is 1.50 bits per heavy atom. The highest BCUT2D eigenvalue weighted by atomic mass is 32.1. The van der Waals surface area contributed by atoms with Gasteiger partial charge in [0, 0.05) is 37.2 Å². The van der Waals surface area contributed by atoms with E-state index in [1.807, 2.05) is 10.3 Å². The predicted molar refractivity (Wildman–Crippen MR) is 67.4 cm³/mol. The molecule has 2 aliphatic rings. The van der Waals surface area contributed by atoms with E-state index in [-0.39, 0.29) is 12.1 Å². The first-order valence-electron chi connectivity index (χ1n) is 5.76. The summed E-state index contributed by atoms with van der Waals surface area (Å²) in [5, 5.41) is 13.6. The standard InChI is InChI=1S/C11H13N3O3S/c15-10(16)9-3-7(6-18-9)13-1-2-14-8(5-13)4-12-11(14)17/h3,6,8H,1-2,4-5H2,(H,12,17)(H,15,16). The zero-order valence-electron chi connectivity index (χ0n) is 9.63. The Bertz CT molecular complexity index is 501. The fraction of sp³-hybridized carbons (Fsp3) is 0.455. The Morgan fingerprint density at radius 2 is 2.33 bits per heavy atom. The highest BCUT2D eigenvalue weighted by Crippen LogP contribution is 2.26. The number of hydrogen-bond donors (Lipinski definition) is 2. The minimum absolute atomic E-state index is 0.0104. The summed E-state index contributed by atoms with van der Waals surface area (Å²) in [6.07, 6.45) is 0. The van der Waals surface area contributed by atoms with E-state index in [2.05, 4.69) is 10.2 Å². The molecule has 2 saturated heterocycles. The number of thiophene rings is 1. The van der Waals surface area contributed by atoms with Crippen molar-refractivity contribution >= 4 is 29.0 Å². The van der Waals surface area contributed by atoms with Crippen LogP contribution in [0.1, 0.15) is 9.67 Å². The van der Waals surface area contributed by atoms with Gasteiger partial charge in [-0.05, 0) is 6.07 Å². The molecule has 0 aromatic carbocycles. The number of carbonyl (C=O) groups excluding carboxylic acids is 1. The molecule has 0 bridgehead atoms. The minimum atomic E-state index is -0.886. The quantitative estimate of drug-likeness (QED) is 0.825. The zero-order valence-corrected chi connectivity index (χ0v) is 10.4. The van der Waals surface area contributed by atoms with Crippen LogP contribution in [0, 0.1) is 0 Å². The molecule has 0 radical (unpaired) electrons. The van der Waals surface area contributed by atoms with Gasteiger partial charge in [0.2, 0.25) is 0 Å². The second-order valence-corrected chi connectivity index (χ2v) is 5.36. The van der Waals surface area contributed by atoms with Crippen molar-refractivity contribution in [3.05, 3.63) is 16.3 Å². The molecule has 6 nitrogen and oxygen atoms in total. The summed E-state index contributed by atoms with van der Waals surface area (Å²) >= 11 is 1.24. The van der Waals surface area contributed by atoms with Gasteiger partial charge in [0.1, 0.15) is 4.88 Å². The molecule has 2 aliphatic heterocycles. The minimum Gasteiger partial charge on any atom is -0.477 e. The van der Waals surface area contributed by atoms with Gasteiger partial charge in [0.05, 0.1) is 6.04 Å². The van der Waals surface area contributed by atoms with Gasteiger partial charge in [-0.3, -0.25) is 0 Å².